The smallest absolute Gasteiger partial charge is 0.338 e. The van der Waals surface area contributed by atoms with E-state index in [9.17, 15) is 19.3 Å². The fourth-order valence-electron chi connectivity index (χ4n) is 3.20. The normalized spacial score (nSPS) is 12.6. The summed E-state index contributed by atoms with van der Waals surface area (Å²) in [5, 5.41) is 11.6. The van der Waals surface area contributed by atoms with Crippen molar-refractivity contribution in [2.24, 2.45) is 0 Å². The molecule has 1 aliphatic heterocycles. The molecule has 0 fully saturated rings. The van der Waals surface area contributed by atoms with Crippen LogP contribution in [0.5, 0.6) is 5.75 Å². The van der Waals surface area contributed by atoms with Crippen LogP contribution in [0.3, 0.4) is 0 Å². The molecule has 0 radical (unpaired) electrons. The minimum Gasteiger partial charge on any atom is -0.467 e. The molecule has 9 heteroatoms. The van der Waals surface area contributed by atoms with Crippen molar-refractivity contribution < 1.29 is 28.3 Å². The molecular weight excluding hydrogens is 437 g/mol. The molecule has 0 saturated heterocycles. The molecule has 0 bridgehead atoms. The second kappa shape index (κ2) is 9.37. The van der Waals surface area contributed by atoms with E-state index < -0.39 is 16.7 Å². The van der Waals surface area contributed by atoms with Gasteiger partial charge in [0.15, 0.2) is 6.79 Å². The monoisotopic (exact) mass is 455 g/mol. The Morgan fingerprint density at radius 2 is 1.97 bits per heavy atom. The number of ether oxygens (including phenoxy) is 3. The molecule has 0 aliphatic carbocycles. The molecule has 0 saturated carbocycles. The quantitative estimate of drug-likeness (QED) is 0.279. The maximum Gasteiger partial charge on any atom is 0.338 e. The lowest BCUT2D eigenvalue weighted by Crippen LogP contribution is -2.15. The Labute approximate surface area is 187 Å². The van der Waals surface area contributed by atoms with Crippen LogP contribution in [0.15, 0.2) is 64.4 Å². The number of nitro groups is 1. The van der Waals surface area contributed by atoms with Gasteiger partial charge < -0.3 is 14.2 Å². The highest BCUT2D eigenvalue weighted by atomic mass is 32.2. The molecule has 0 amide bonds. The van der Waals surface area contributed by atoms with E-state index in [0.717, 1.165) is 10.5 Å². The van der Waals surface area contributed by atoms with Crippen molar-refractivity contribution in [2.75, 3.05) is 6.79 Å². The number of nitro benzene ring substituents is 1. The third-order valence-corrected chi connectivity index (χ3v) is 5.82. The van der Waals surface area contributed by atoms with Crippen molar-refractivity contribution >= 4 is 23.4 Å². The van der Waals surface area contributed by atoms with Crippen LogP contribution in [0.1, 0.15) is 27.0 Å². The van der Waals surface area contributed by atoms with Crippen molar-refractivity contribution in [1.82, 2.24) is 0 Å². The minimum atomic E-state index is -0.759. The number of halogens is 1. The number of hydrogen-bond donors (Lipinski definition) is 0. The van der Waals surface area contributed by atoms with Crippen LogP contribution in [0.25, 0.3) is 0 Å². The van der Waals surface area contributed by atoms with Gasteiger partial charge in [-0.15, -0.1) is 0 Å². The first kappa shape index (κ1) is 21.8. The molecular formula is C23H18FNO6S. The second-order valence-electron chi connectivity index (χ2n) is 7.09. The first-order valence-corrected chi connectivity index (χ1v) is 10.4. The SMILES string of the molecule is Cc1ccc(Sc2ccc(C(=O)OCc3cc(F)cc4c3OCOC4)cc2[N+](=O)[O-])cc1. The van der Waals surface area contributed by atoms with Gasteiger partial charge in [0.2, 0.25) is 0 Å². The number of aryl methyl sites for hydroxylation is 1. The summed E-state index contributed by atoms with van der Waals surface area (Å²) < 4.78 is 29.7. The fourth-order valence-corrected chi connectivity index (χ4v) is 4.10. The Bertz CT molecular complexity index is 1180. The van der Waals surface area contributed by atoms with E-state index in [2.05, 4.69) is 0 Å². The average Bonchev–Trinajstić information content (AvgIpc) is 2.78. The second-order valence-corrected chi connectivity index (χ2v) is 8.21. The van der Waals surface area contributed by atoms with E-state index in [0.29, 0.717) is 21.8 Å². The number of hydrogen-bond acceptors (Lipinski definition) is 7. The van der Waals surface area contributed by atoms with Crippen molar-refractivity contribution in [1.29, 1.82) is 0 Å². The van der Waals surface area contributed by atoms with Gasteiger partial charge in [-0.05, 0) is 43.3 Å². The van der Waals surface area contributed by atoms with E-state index in [-0.39, 0.29) is 31.3 Å². The largest absolute Gasteiger partial charge is 0.467 e. The Morgan fingerprint density at radius 3 is 2.72 bits per heavy atom. The van der Waals surface area contributed by atoms with Crippen LogP contribution in [-0.4, -0.2) is 17.7 Å². The van der Waals surface area contributed by atoms with E-state index in [4.69, 9.17) is 14.2 Å². The Balaban J connectivity index is 1.52. The molecule has 0 spiro atoms. The molecule has 164 valence electrons. The Hall–Kier alpha value is -3.43. The molecule has 3 aromatic rings. The molecule has 0 aromatic heterocycles. The number of carbonyl (C=O) groups is 1. The number of esters is 1. The van der Waals surface area contributed by atoms with Crippen LogP contribution >= 0.6 is 11.8 Å². The zero-order valence-corrected chi connectivity index (χ0v) is 17.8. The van der Waals surface area contributed by atoms with E-state index in [1.165, 1.54) is 42.1 Å². The molecule has 1 heterocycles. The molecule has 7 nitrogen and oxygen atoms in total. The van der Waals surface area contributed by atoms with Gasteiger partial charge in [-0.3, -0.25) is 10.1 Å². The third-order valence-electron chi connectivity index (χ3n) is 4.75. The van der Waals surface area contributed by atoms with E-state index >= 15 is 0 Å². The predicted octanol–water partition coefficient (Wildman–Crippen LogP) is 5.42. The number of rotatable bonds is 6. The molecule has 0 unspecified atom stereocenters. The van der Waals surface area contributed by atoms with Crippen molar-refractivity contribution in [2.45, 2.75) is 29.9 Å². The number of nitrogens with zero attached hydrogens (tertiary/aromatic N) is 1. The fraction of sp³-hybridized carbons (Fsp3) is 0.174. The molecule has 3 aromatic carbocycles. The third kappa shape index (κ3) is 4.90. The zero-order chi connectivity index (χ0) is 22.7. The minimum absolute atomic E-state index is 0.0197. The summed E-state index contributed by atoms with van der Waals surface area (Å²) in [6.07, 6.45) is 0. The highest BCUT2D eigenvalue weighted by Crippen LogP contribution is 2.36. The maximum absolute atomic E-state index is 13.9. The van der Waals surface area contributed by atoms with Gasteiger partial charge in [-0.25, -0.2) is 9.18 Å². The van der Waals surface area contributed by atoms with Crippen molar-refractivity contribution in [3.8, 4) is 5.75 Å². The molecule has 1 aliphatic rings. The van der Waals surface area contributed by atoms with Gasteiger partial charge in [-0.1, -0.05) is 29.5 Å². The molecule has 32 heavy (non-hydrogen) atoms. The van der Waals surface area contributed by atoms with Gasteiger partial charge >= 0.3 is 5.97 Å². The predicted molar refractivity (Wildman–Crippen MR) is 114 cm³/mol. The standard InChI is InChI=1S/C23H18FNO6S/c1-14-2-5-19(6-3-14)32-21-7-4-15(10-20(21)25(27)28)23(26)30-12-17-9-18(24)8-16-11-29-13-31-22(16)17/h2-10H,11-13H2,1H3. The Morgan fingerprint density at radius 1 is 1.19 bits per heavy atom. The topological polar surface area (TPSA) is 87.9 Å². The lowest BCUT2D eigenvalue weighted by atomic mass is 10.1. The highest BCUT2D eigenvalue weighted by Gasteiger charge is 2.21. The average molecular weight is 455 g/mol. The van der Waals surface area contributed by atoms with Gasteiger partial charge in [0, 0.05) is 22.1 Å². The van der Waals surface area contributed by atoms with Crippen LogP contribution < -0.4 is 4.74 Å². The number of fused-ring (bicyclic) bond motifs is 1. The van der Waals surface area contributed by atoms with E-state index in [1.807, 2.05) is 31.2 Å². The number of carbonyl (C=O) groups excluding carboxylic acids is 1. The van der Waals surface area contributed by atoms with Gasteiger partial charge in [0.05, 0.1) is 22.0 Å². The van der Waals surface area contributed by atoms with Crippen LogP contribution in [-0.2, 0) is 22.7 Å². The van der Waals surface area contributed by atoms with E-state index in [1.54, 1.807) is 0 Å². The molecule has 0 atom stereocenters. The summed E-state index contributed by atoms with van der Waals surface area (Å²) in [4.78, 5) is 24.8. The first-order chi connectivity index (χ1) is 15.4. The molecule has 0 N–H and O–H groups in total. The van der Waals surface area contributed by atoms with Gasteiger partial charge in [-0.2, -0.15) is 0 Å². The summed E-state index contributed by atoms with van der Waals surface area (Å²) in [5.41, 5.74) is 1.79. The molecule has 4 rings (SSSR count). The van der Waals surface area contributed by atoms with Gasteiger partial charge in [0.1, 0.15) is 18.2 Å². The van der Waals surface area contributed by atoms with Crippen LogP contribution in [0, 0.1) is 22.9 Å². The summed E-state index contributed by atoms with van der Waals surface area (Å²) in [6.45, 7) is 1.93. The lowest BCUT2D eigenvalue weighted by molar-refractivity contribution is -0.387. The summed E-state index contributed by atoms with van der Waals surface area (Å²) in [5.74, 6) is -0.844. The van der Waals surface area contributed by atoms with Gasteiger partial charge in [0.25, 0.3) is 5.69 Å². The first-order valence-electron chi connectivity index (χ1n) is 9.62. The van der Waals surface area contributed by atoms with Crippen LogP contribution in [0.4, 0.5) is 10.1 Å². The zero-order valence-electron chi connectivity index (χ0n) is 17.0. The van der Waals surface area contributed by atoms with Crippen molar-refractivity contribution in [3.63, 3.8) is 0 Å². The summed E-state index contributed by atoms with van der Waals surface area (Å²) >= 11 is 1.24. The maximum atomic E-state index is 13.9. The highest BCUT2D eigenvalue weighted by molar-refractivity contribution is 7.99. The van der Waals surface area contributed by atoms with Crippen molar-refractivity contribution in [3.05, 3.63) is 92.8 Å². The Kier molecular flexibility index (Phi) is 6.38. The summed E-state index contributed by atoms with van der Waals surface area (Å²) in [7, 11) is 0. The number of benzene rings is 3. The summed E-state index contributed by atoms with van der Waals surface area (Å²) in [6, 6.07) is 14.3. The lowest BCUT2D eigenvalue weighted by Gasteiger charge is -2.20. The van der Waals surface area contributed by atoms with Crippen LogP contribution in [0.2, 0.25) is 0 Å².